The predicted molar refractivity (Wildman–Crippen MR) is 542 cm³/mol. The predicted octanol–water partition coefficient (Wildman–Crippen LogP) is 7.05. The molecule has 8 amide bonds. The van der Waals surface area contributed by atoms with Crippen LogP contribution in [0.4, 0.5) is 0 Å². The van der Waals surface area contributed by atoms with Crippen molar-refractivity contribution < 1.29 is 159 Å². The first kappa shape index (κ1) is 135. The topological polar surface area (TPSA) is 541 Å². The summed E-state index contributed by atoms with van der Waals surface area (Å²) in [5.41, 5.74) is 0.771. The second kappa shape index (κ2) is 77.3. The molecule has 3 fully saturated rings. The van der Waals surface area contributed by atoms with Gasteiger partial charge in [-0.25, -0.2) is 4.79 Å². The van der Waals surface area contributed by atoms with Gasteiger partial charge in [0.25, 0.3) is 0 Å². The number of hydrogen-bond donors (Lipinski definition) is 10. The summed E-state index contributed by atoms with van der Waals surface area (Å²) in [6, 6.07) is 5.78. The number of thioether (sulfide) groups is 1. The highest BCUT2D eigenvalue weighted by Crippen LogP contribution is 2.35. The summed E-state index contributed by atoms with van der Waals surface area (Å²) in [4.78, 5) is 185. The van der Waals surface area contributed by atoms with E-state index < -0.39 is 114 Å². The number of nitrogens with zero attached hydrogens (tertiary/aromatic N) is 4. The van der Waals surface area contributed by atoms with Crippen molar-refractivity contribution in [2.75, 3.05) is 149 Å². The lowest BCUT2D eigenvalue weighted by Gasteiger charge is -2.41. The summed E-state index contributed by atoms with van der Waals surface area (Å²) in [6.07, 6.45) is 4.74. The number of ketones is 1. The number of amides is 8. The zero-order valence-electron chi connectivity index (χ0n) is 90.4. The number of aliphatic hydroxyl groups is 5. The number of likely N-dealkylation sites (N-methyl/N-ethyl adjacent to an activating group) is 2. The summed E-state index contributed by atoms with van der Waals surface area (Å²) in [5, 5.41) is 64.4. The summed E-state index contributed by atoms with van der Waals surface area (Å²) >= 11 is 1.39. The number of carboxylic acid groups (broad SMARTS) is 1. The molecule has 41 nitrogen and oxygen atoms in total. The van der Waals surface area contributed by atoms with Crippen molar-refractivity contribution in [2.24, 2.45) is 41.4 Å². The number of hydrogen-bond acceptors (Lipinski definition) is 34. The third kappa shape index (κ3) is 52.8. The Hall–Kier alpha value is -8.05. The van der Waals surface area contributed by atoms with Crippen LogP contribution in [0.25, 0.3) is 0 Å². The molecular weight excluding hydrogens is 1910 g/mol. The number of esters is 4. The van der Waals surface area contributed by atoms with Gasteiger partial charge in [0.15, 0.2) is 18.9 Å². The Labute approximate surface area is 864 Å². The maximum Gasteiger partial charge on any atom is 0.329 e. The van der Waals surface area contributed by atoms with Crippen molar-refractivity contribution in [3.8, 4) is 0 Å². The number of ether oxygens (including phenoxy) is 13. The third-order valence-corrected chi connectivity index (χ3v) is 27.2. The second-order valence-corrected chi connectivity index (χ2v) is 39.2. The molecule has 10 N–H and O–H groups in total. The molecule has 42 heteroatoms. The van der Waals surface area contributed by atoms with Gasteiger partial charge >= 0.3 is 29.8 Å². The minimum absolute atomic E-state index is 0.00787. The van der Waals surface area contributed by atoms with Gasteiger partial charge in [-0.15, -0.1) is 11.8 Å². The fourth-order valence-electron chi connectivity index (χ4n) is 16.9. The van der Waals surface area contributed by atoms with Crippen LogP contribution >= 0.6 is 11.8 Å². The number of methoxy groups -OCH3 is 6. The number of imide groups is 1. The normalized spacial score (nSPS) is 18.7. The van der Waals surface area contributed by atoms with E-state index >= 15 is 0 Å². The first-order valence-electron chi connectivity index (χ1n) is 51.5. The van der Waals surface area contributed by atoms with E-state index in [2.05, 4.69) is 21.3 Å². The highest BCUT2D eigenvalue weighted by atomic mass is 32.2. The molecule has 2 aliphatic heterocycles. The molecule has 4 rings (SSSR count). The van der Waals surface area contributed by atoms with Crippen molar-refractivity contribution in [3.05, 3.63) is 35.9 Å². The van der Waals surface area contributed by atoms with Crippen LogP contribution in [0.2, 0.25) is 0 Å². The van der Waals surface area contributed by atoms with Gasteiger partial charge < -0.3 is 123 Å². The van der Waals surface area contributed by atoms with Crippen LogP contribution in [0.3, 0.4) is 0 Å². The molecule has 0 aromatic heterocycles. The SMILES string of the molecule is CCC(=O)C1CCC(CN2C(=O)CC(SCCNC(=O)CCCC(=O)OCC(CC(CC)CO)OC)C2=O)CC1.CCC(CO)OC(CO)OC.CCC(CO)OC(COC(=O)CCCC(=O)NCC(C)OC(=O)[C@H](Cc1ccccc1)NC(=O)[C@H](C)[C@@H](OC)[C@@H]1CCCN1C(=O)C[C@@H](OC)[C@H]([C@@H](C)CC)N(C)C(=O)[C@@H](NC(=O)[C@H](C(C)C)N(C)C)C(C)C)OC.CCC(CO)OC(COC(=O)CCCC(=O)O)OC. The minimum atomic E-state index is -1.11. The number of aliphatic carboxylic acids is 1. The molecule has 0 spiro atoms. The molecule has 19 atom stereocenters. The average molecular weight is 2090 g/mol. The van der Waals surface area contributed by atoms with E-state index in [1.54, 1.807) is 37.8 Å². The smallest absolute Gasteiger partial charge is 0.329 e. The maximum absolute atomic E-state index is 14.5. The molecule has 2 saturated heterocycles. The largest absolute Gasteiger partial charge is 0.481 e. The van der Waals surface area contributed by atoms with Gasteiger partial charge in [0.2, 0.25) is 47.3 Å². The molecule has 145 heavy (non-hydrogen) atoms. The number of carbonyl (C=O) groups is 14. The molecule has 0 radical (unpaired) electrons. The van der Waals surface area contributed by atoms with Crippen molar-refractivity contribution in [1.82, 2.24) is 40.9 Å². The second-order valence-electron chi connectivity index (χ2n) is 37.8. The summed E-state index contributed by atoms with van der Waals surface area (Å²) in [7, 11) is 14.2. The number of Topliss-reactive ketones (excluding diaryl/α,β-unsaturated/α-hetero) is 1. The molecule has 2 heterocycles. The molecule has 1 aromatic carbocycles. The number of likely N-dealkylation sites (tertiary alicyclic amines) is 2. The van der Waals surface area contributed by atoms with Crippen LogP contribution in [0.1, 0.15) is 250 Å². The van der Waals surface area contributed by atoms with E-state index in [1.165, 1.54) is 52.2 Å². The van der Waals surface area contributed by atoms with E-state index in [0.29, 0.717) is 89.0 Å². The molecule has 1 saturated carbocycles. The zero-order chi connectivity index (χ0) is 109. The van der Waals surface area contributed by atoms with Crippen molar-refractivity contribution in [2.45, 2.75) is 348 Å². The minimum Gasteiger partial charge on any atom is -0.481 e. The van der Waals surface area contributed by atoms with Gasteiger partial charge in [-0.2, -0.15) is 0 Å². The van der Waals surface area contributed by atoms with Gasteiger partial charge in [0.05, 0.1) is 105 Å². The number of carbonyl (C=O) groups excluding carboxylic acids is 13. The van der Waals surface area contributed by atoms with E-state index in [4.69, 9.17) is 82.0 Å². The standard InChI is InChI=1S/C55H94N6O14.C29H48N2O8S.C12H22O7.C7H16O4/c1-16-36(7)50(60(12)54(68)48(34(3)4)58-53(67)49(35(5)6)59(10)11)43(70-13)30-45(64)61-28-22-25-42(61)51(72-15)38(9)52(66)57-41(29-39-23-19-18-20-24-39)55(69)74-37(8)31-56-44(63)26-21-27-46(65)73-33-47(71-14)75-40(17-2)32-62;1-4-20(18-32)15-23(38-3)19-39-28(36)8-6-7-26(34)30-13-14-40-25-16-27(35)31(29(25)37)17-21-9-11-22(12-10-21)24(33)5-2;1-3-9(7-13)19-12(17-2)8-18-11(16)6-4-5-10(14)15;1-3-6(4-8)11-7(5-9)10-2/h18-20,23-24,34-38,40-43,47-51,62H,16-17,21-22,25-33H2,1-15H3,(H,56,63)(H,57,66)(H,58,67);20-23,25,32H,4-19H2,1-3H3,(H,30,34);9,12-13H,3-8H2,1-2H3,(H,14,15);6-9H,3-5H2,1-2H3/t36-,37?,38+,40?,41-,42-,43+,47?,48-,49-,50-,51+;;;/m0.../s1. The Kier molecular flexibility index (Phi) is 72.0. The van der Waals surface area contributed by atoms with Crippen LogP contribution in [0.15, 0.2) is 30.3 Å². The average Bonchev–Trinajstić information content (AvgIpc) is 1.79. The number of benzene rings is 1. The lowest BCUT2D eigenvalue weighted by Crippen LogP contribution is -2.59. The van der Waals surface area contributed by atoms with Gasteiger partial charge in [-0.3, -0.25) is 72.1 Å². The summed E-state index contributed by atoms with van der Waals surface area (Å²) < 4.78 is 69.5. The first-order chi connectivity index (χ1) is 69.0. The Morgan fingerprint density at radius 2 is 1.09 bits per heavy atom. The number of carboxylic acids is 1. The van der Waals surface area contributed by atoms with Crippen molar-refractivity contribution in [1.29, 1.82) is 0 Å². The van der Waals surface area contributed by atoms with Crippen LogP contribution < -0.4 is 21.3 Å². The van der Waals surface area contributed by atoms with Crippen LogP contribution in [-0.2, 0) is 135 Å². The highest BCUT2D eigenvalue weighted by Gasteiger charge is 2.46. The van der Waals surface area contributed by atoms with Gasteiger partial charge in [0, 0.05) is 145 Å². The van der Waals surface area contributed by atoms with Crippen molar-refractivity contribution >= 4 is 94.6 Å². The summed E-state index contributed by atoms with van der Waals surface area (Å²) in [5.74, 6) is -4.94. The Morgan fingerprint density at radius 1 is 0.559 bits per heavy atom. The van der Waals surface area contributed by atoms with E-state index in [9.17, 15) is 77.3 Å². The van der Waals surface area contributed by atoms with Gasteiger partial charge in [0.1, 0.15) is 43.8 Å². The third-order valence-electron chi connectivity index (χ3n) is 26.0. The van der Waals surface area contributed by atoms with Crippen LogP contribution in [0, 0.1) is 41.4 Å². The fourth-order valence-corrected chi connectivity index (χ4v) is 17.9. The zero-order valence-corrected chi connectivity index (χ0v) is 91.3. The van der Waals surface area contributed by atoms with Crippen LogP contribution in [-0.4, -0.2) is 379 Å². The first-order valence-corrected chi connectivity index (χ1v) is 52.5. The van der Waals surface area contributed by atoms with Crippen LogP contribution in [0.5, 0.6) is 0 Å². The molecule has 1 aromatic rings. The highest BCUT2D eigenvalue weighted by molar-refractivity contribution is 8.00. The maximum atomic E-state index is 14.5. The number of nitrogens with one attached hydrogen (secondary N) is 4. The van der Waals surface area contributed by atoms with E-state index in [1.807, 2.05) is 125 Å². The quantitative estimate of drug-likeness (QED) is 0.0103. The van der Waals surface area contributed by atoms with E-state index in [-0.39, 0.29) is 231 Å². The van der Waals surface area contributed by atoms with Gasteiger partial charge in [-0.05, 0) is 140 Å². The Bertz CT molecular complexity index is 3820. The van der Waals surface area contributed by atoms with Crippen molar-refractivity contribution in [3.63, 3.8) is 0 Å². The fraction of sp³-hybridized carbons (Fsp3) is 0.806. The molecular formula is C103H180N8O33S. The monoisotopic (exact) mass is 2090 g/mol. The lowest BCUT2D eigenvalue weighted by atomic mass is 9.79. The molecule has 10 unspecified atom stereocenters. The Morgan fingerprint density at radius 3 is 1.54 bits per heavy atom. The lowest BCUT2D eigenvalue weighted by molar-refractivity contribution is -0.194. The van der Waals surface area contributed by atoms with E-state index in [0.717, 1.165) is 37.7 Å². The molecule has 0 bridgehead atoms. The Balaban J connectivity index is 0.00000123. The molecule has 836 valence electrons. The molecule has 1 aliphatic carbocycles. The molecule has 3 aliphatic rings. The number of aliphatic hydroxyl groups excluding tert-OH is 5. The summed E-state index contributed by atoms with van der Waals surface area (Å²) in [6.45, 7) is 25.1. The van der Waals surface area contributed by atoms with Gasteiger partial charge in [-0.1, -0.05) is 126 Å². The number of rotatable bonds is 71.